The summed E-state index contributed by atoms with van der Waals surface area (Å²) in [4.78, 5) is 0. The second kappa shape index (κ2) is 8.21. The van der Waals surface area contributed by atoms with Crippen LogP contribution in [0.1, 0.15) is 0 Å². The maximum Gasteiger partial charge on any atom is 0.143 e. The number of hydrogen-bond donors (Lipinski definition) is 0. The smallest absolute Gasteiger partial charge is 0.143 e. The Hall–Kier alpha value is -4.69. The molecule has 0 aliphatic rings. The van der Waals surface area contributed by atoms with Crippen molar-refractivity contribution in [2.45, 2.75) is 0 Å². The summed E-state index contributed by atoms with van der Waals surface area (Å²) in [6, 6.07) is 42.7. The molecule has 0 N–H and O–H groups in total. The lowest BCUT2D eigenvalue weighted by Gasteiger charge is -2.09. The molecule has 0 aliphatic carbocycles. The van der Waals surface area contributed by atoms with Crippen molar-refractivity contribution in [3.63, 3.8) is 0 Å². The molecular formula is C34H21FO. The zero-order valence-electron chi connectivity index (χ0n) is 19.4. The minimum absolute atomic E-state index is 0.221. The van der Waals surface area contributed by atoms with Crippen molar-refractivity contribution in [3.8, 4) is 33.4 Å². The van der Waals surface area contributed by atoms with Crippen molar-refractivity contribution >= 4 is 32.7 Å². The van der Waals surface area contributed by atoms with E-state index in [1.165, 1.54) is 17.5 Å². The molecule has 7 rings (SSSR count). The number of para-hydroxylation sites is 2. The summed E-state index contributed by atoms with van der Waals surface area (Å²) in [5, 5.41) is 4.61. The first kappa shape index (κ1) is 20.7. The summed E-state index contributed by atoms with van der Waals surface area (Å²) < 4.78 is 19.6. The predicted octanol–water partition coefficient (Wildman–Crippen LogP) is 9.88. The maximum atomic E-state index is 13.4. The van der Waals surface area contributed by atoms with Crippen LogP contribution in [0.4, 0.5) is 4.39 Å². The fourth-order valence-electron chi connectivity index (χ4n) is 5.06. The van der Waals surface area contributed by atoms with Crippen LogP contribution in [0.15, 0.2) is 132 Å². The average Bonchev–Trinajstić information content (AvgIpc) is 3.32. The van der Waals surface area contributed by atoms with E-state index >= 15 is 0 Å². The molecule has 0 fully saturated rings. The molecule has 6 aromatic carbocycles. The third-order valence-corrected chi connectivity index (χ3v) is 6.95. The van der Waals surface area contributed by atoms with E-state index in [0.29, 0.717) is 0 Å². The van der Waals surface area contributed by atoms with E-state index < -0.39 is 0 Å². The van der Waals surface area contributed by atoms with Gasteiger partial charge in [0.05, 0.1) is 0 Å². The van der Waals surface area contributed by atoms with Crippen LogP contribution < -0.4 is 0 Å². The Morgan fingerprint density at radius 1 is 0.444 bits per heavy atom. The Balaban J connectivity index is 1.26. The van der Waals surface area contributed by atoms with Gasteiger partial charge in [0, 0.05) is 16.3 Å². The van der Waals surface area contributed by atoms with Gasteiger partial charge in [-0.05, 0) is 68.9 Å². The molecule has 36 heavy (non-hydrogen) atoms. The summed E-state index contributed by atoms with van der Waals surface area (Å²) in [5.41, 5.74) is 8.46. The molecule has 0 amide bonds. The van der Waals surface area contributed by atoms with Crippen LogP contribution in [0.3, 0.4) is 0 Å². The van der Waals surface area contributed by atoms with Crippen molar-refractivity contribution in [2.75, 3.05) is 0 Å². The molecule has 0 saturated carbocycles. The summed E-state index contributed by atoms with van der Waals surface area (Å²) in [6.07, 6.45) is 0. The van der Waals surface area contributed by atoms with Gasteiger partial charge in [0.25, 0.3) is 0 Å². The molecular weight excluding hydrogens is 443 g/mol. The van der Waals surface area contributed by atoms with Gasteiger partial charge in [-0.1, -0.05) is 97.1 Å². The van der Waals surface area contributed by atoms with Gasteiger partial charge in [-0.25, -0.2) is 4.39 Å². The average molecular weight is 465 g/mol. The van der Waals surface area contributed by atoms with Crippen LogP contribution in [0.25, 0.3) is 66.1 Å². The number of furan rings is 1. The van der Waals surface area contributed by atoms with Gasteiger partial charge in [0.1, 0.15) is 17.0 Å². The van der Waals surface area contributed by atoms with E-state index in [-0.39, 0.29) is 5.82 Å². The molecule has 7 aromatic rings. The van der Waals surface area contributed by atoms with Gasteiger partial charge in [0.2, 0.25) is 0 Å². The van der Waals surface area contributed by atoms with E-state index in [0.717, 1.165) is 60.7 Å². The van der Waals surface area contributed by atoms with Crippen molar-refractivity contribution in [2.24, 2.45) is 0 Å². The van der Waals surface area contributed by atoms with Gasteiger partial charge in [0.15, 0.2) is 0 Å². The normalized spacial score (nSPS) is 11.5. The van der Waals surface area contributed by atoms with Gasteiger partial charge in [-0.3, -0.25) is 0 Å². The Labute approximate surface area is 208 Å². The van der Waals surface area contributed by atoms with Crippen LogP contribution in [0.5, 0.6) is 0 Å². The van der Waals surface area contributed by atoms with Crippen LogP contribution in [-0.4, -0.2) is 0 Å². The van der Waals surface area contributed by atoms with Crippen molar-refractivity contribution in [1.82, 2.24) is 0 Å². The van der Waals surface area contributed by atoms with Crippen LogP contribution >= 0.6 is 0 Å². The second-order valence-electron chi connectivity index (χ2n) is 9.14. The minimum Gasteiger partial charge on any atom is -0.455 e. The molecule has 170 valence electrons. The third kappa shape index (κ3) is 3.47. The van der Waals surface area contributed by atoms with E-state index in [1.807, 2.05) is 30.3 Å². The zero-order valence-corrected chi connectivity index (χ0v) is 19.4. The number of benzene rings is 6. The molecule has 0 radical (unpaired) electrons. The van der Waals surface area contributed by atoms with E-state index in [2.05, 4.69) is 84.9 Å². The summed E-state index contributed by atoms with van der Waals surface area (Å²) in [6.45, 7) is 0. The lowest BCUT2D eigenvalue weighted by atomic mass is 9.96. The molecule has 0 atom stereocenters. The highest BCUT2D eigenvalue weighted by atomic mass is 19.1. The van der Waals surface area contributed by atoms with Crippen molar-refractivity contribution in [3.05, 3.63) is 133 Å². The largest absolute Gasteiger partial charge is 0.455 e. The molecule has 0 spiro atoms. The van der Waals surface area contributed by atoms with Crippen molar-refractivity contribution < 1.29 is 8.81 Å². The number of rotatable bonds is 3. The van der Waals surface area contributed by atoms with Gasteiger partial charge in [-0.15, -0.1) is 0 Å². The first-order valence-corrected chi connectivity index (χ1v) is 12.0. The standard InChI is InChI=1S/C34H21FO/c35-29-18-16-23(17-19-29)27-15-11-24-10-14-26(20-28(24)21-27)22-8-12-25(13-9-22)30-5-3-6-32-31-4-1-2-7-33(31)36-34(30)32/h1-21H. The van der Waals surface area contributed by atoms with Gasteiger partial charge in [-0.2, -0.15) is 0 Å². The molecule has 1 heterocycles. The second-order valence-corrected chi connectivity index (χ2v) is 9.14. The van der Waals surface area contributed by atoms with E-state index in [1.54, 1.807) is 0 Å². The Bertz CT molecular complexity index is 1880. The molecule has 2 heteroatoms. The molecule has 0 aliphatic heterocycles. The highest BCUT2D eigenvalue weighted by Gasteiger charge is 2.12. The van der Waals surface area contributed by atoms with Crippen LogP contribution in [0, 0.1) is 5.82 Å². The fraction of sp³-hybridized carbons (Fsp3) is 0. The summed E-state index contributed by atoms with van der Waals surface area (Å²) in [7, 11) is 0. The lowest BCUT2D eigenvalue weighted by Crippen LogP contribution is -1.83. The Morgan fingerprint density at radius 2 is 1.03 bits per heavy atom. The first-order chi connectivity index (χ1) is 17.7. The Morgan fingerprint density at radius 3 is 1.75 bits per heavy atom. The van der Waals surface area contributed by atoms with Crippen molar-refractivity contribution in [1.29, 1.82) is 0 Å². The number of fused-ring (bicyclic) bond motifs is 4. The quantitative estimate of drug-likeness (QED) is 0.254. The monoisotopic (exact) mass is 464 g/mol. The molecule has 1 aromatic heterocycles. The number of hydrogen-bond acceptors (Lipinski definition) is 1. The SMILES string of the molecule is Fc1ccc(-c2ccc3ccc(-c4ccc(-c5cccc6c5oc5ccccc56)cc4)cc3c2)cc1. The number of halogens is 1. The van der Waals surface area contributed by atoms with Crippen LogP contribution in [0.2, 0.25) is 0 Å². The molecule has 0 bridgehead atoms. The Kier molecular flexibility index (Phi) is 4.71. The summed E-state index contributed by atoms with van der Waals surface area (Å²) >= 11 is 0. The maximum absolute atomic E-state index is 13.4. The lowest BCUT2D eigenvalue weighted by molar-refractivity contribution is 0.628. The minimum atomic E-state index is -0.221. The van der Waals surface area contributed by atoms with E-state index in [4.69, 9.17) is 4.42 Å². The van der Waals surface area contributed by atoms with Gasteiger partial charge < -0.3 is 4.42 Å². The van der Waals surface area contributed by atoms with Gasteiger partial charge >= 0.3 is 0 Å². The molecule has 0 unspecified atom stereocenters. The molecule has 1 nitrogen and oxygen atoms in total. The highest BCUT2D eigenvalue weighted by molar-refractivity contribution is 6.09. The fourth-order valence-corrected chi connectivity index (χ4v) is 5.06. The topological polar surface area (TPSA) is 13.1 Å². The zero-order chi connectivity index (χ0) is 24.1. The predicted molar refractivity (Wildman–Crippen MR) is 147 cm³/mol. The summed E-state index contributed by atoms with van der Waals surface area (Å²) in [5.74, 6) is -0.221. The van der Waals surface area contributed by atoms with E-state index in [9.17, 15) is 4.39 Å². The highest BCUT2D eigenvalue weighted by Crippen LogP contribution is 2.36. The van der Waals surface area contributed by atoms with Crippen LogP contribution in [-0.2, 0) is 0 Å². The third-order valence-electron chi connectivity index (χ3n) is 6.95. The first-order valence-electron chi connectivity index (χ1n) is 12.0. The molecule has 0 saturated heterocycles.